The second-order valence-electron chi connectivity index (χ2n) is 4.23. The molecule has 0 fully saturated rings. The Balaban J connectivity index is 1.79. The average molecular weight is 279 g/mol. The van der Waals surface area contributed by atoms with E-state index in [1.54, 1.807) is 23.5 Å². The normalized spacial score (nSPS) is 10.8. The predicted molar refractivity (Wildman–Crippen MR) is 76.6 cm³/mol. The standard InChI is InChI=1S/C15H18FNOS/c1-2-17-9-13-7-8-14(19-13)11-18-10-12-5-3-4-6-15(12)16/h3-8,17H,2,9-11H2,1H3. The summed E-state index contributed by atoms with van der Waals surface area (Å²) in [5.41, 5.74) is 0.604. The molecule has 0 aliphatic carbocycles. The summed E-state index contributed by atoms with van der Waals surface area (Å²) >= 11 is 1.73. The van der Waals surface area contributed by atoms with Crippen molar-refractivity contribution >= 4 is 11.3 Å². The van der Waals surface area contributed by atoms with E-state index in [1.807, 2.05) is 6.07 Å². The SMILES string of the molecule is CCNCc1ccc(COCc2ccccc2F)s1. The lowest BCUT2D eigenvalue weighted by atomic mass is 10.2. The minimum Gasteiger partial charge on any atom is -0.371 e. The molecule has 2 rings (SSSR count). The molecule has 1 aromatic carbocycles. The second kappa shape index (κ2) is 7.38. The Hall–Kier alpha value is -1.23. The number of hydrogen-bond donors (Lipinski definition) is 1. The molecule has 0 saturated heterocycles. The third kappa shape index (κ3) is 4.42. The summed E-state index contributed by atoms with van der Waals surface area (Å²) in [5.74, 6) is -0.207. The molecule has 19 heavy (non-hydrogen) atoms. The number of nitrogens with one attached hydrogen (secondary N) is 1. The maximum Gasteiger partial charge on any atom is 0.128 e. The minimum atomic E-state index is -0.207. The van der Waals surface area contributed by atoms with Crippen LogP contribution in [-0.4, -0.2) is 6.54 Å². The first-order valence-corrected chi connectivity index (χ1v) is 7.20. The van der Waals surface area contributed by atoms with Crippen molar-refractivity contribution in [2.75, 3.05) is 6.54 Å². The van der Waals surface area contributed by atoms with Gasteiger partial charge in [-0.3, -0.25) is 0 Å². The summed E-state index contributed by atoms with van der Waals surface area (Å²) < 4.78 is 18.9. The third-order valence-corrected chi connectivity index (χ3v) is 3.78. The third-order valence-electron chi connectivity index (χ3n) is 2.73. The zero-order valence-corrected chi connectivity index (χ0v) is 11.8. The molecule has 0 amide bonds. The number of benzene rings is 1. The van der Waals surface area contributed by atoms with E-state index in [4.69, 9.17) is 4.74 Å². The highest BCUT2D eigenvalue weighted by molar-refractivity contribution is 7.11. The van der Waals surface area contributed by atoms with Crippen molar-refractivity contribution in [2.45, 2.75) is 26.7 Å². The van der Waals surface area contributed by atoms with Crippen LogP contribution in [0.25, 0.3) is 0 Å². The van der Waals surface area contributed by atoms with Crippen molar-refractivity contribution in [3.05, 3.63) is 57.5 Å². The summed E-state index contributed by atoms with van der Waals surface area (Å²) in [4.78, 5) is 2.47. The monoisotopic (exact) mass is 279 g/mol. The van der Waals surface area contributed by atoms with Crippen molar-refractivity contribution in [2.24, 2.45) is 0 Å². The first kappa shape index (κ1) is 14.2. The lowest BCUT2D eigenvalue weighted by Gasteiger charge is -2.04. The van der Waals surface area contributed by atoms with Crippen LogP contribution in [0.5, 0.6) is 0 Å². The molecule has 0 unspecified atom stereocenters. The van der Waals surface area contributed by atoms with Crippen molar-refractivity contribution in [1.29, 1.82) is 0 Å². The highest BCUT2D eigenvalue weighted by Gasteiger charge is 2.03. The molecule has 0 bridgehead atoms. The molecule has 0 aliphatic heterocycles. The number of ether oxygens (including phenoxy) is 1. The van der Waals surface area contributed by atoms with E-state index in [1.165, 1.54) is 15.8 Å². The zero-order valence-electron chi connectivity index (χ0n) is 11.0. The van der Waals surface area contributed by atoms with Crippen molar-refractivity contribution in [3.8, 4) is 0 Å². The van der Waals surface area contributed by atoms with E-state index in [2.05, 4.69) is 24.4 Å². The summed E-state index contributed by atoms with van der Waals surface area (Å²) in [5, 5.41) is 3.29. The van der Waals surface area contributed by atoms with Gasteiger partial charge >= 0.3 is 0 Å². The molecule has 102 valence electrons. The van der Waals surface area contributed by atoms with Crippen LogP contribution in [0.1, 0.15) is 22.2 Å². The van der Waals surface area contributed by atoms with Crippen LogP contribution < -0.4 is 5.32 Å². The molecule has 2 aromatic rings. The van der Waals surface area contributed by atoms with Crippen molar-refractivity contribution < 1.29 is 9.13 Å². The fraction of sp³-hybridized carbons (Fsp3) is 0.333. The number of thiophene rings is 1. The summed E-state index contributed by atoms with van der Waals surface area (Å²) in [6.45, 7) is 4.80. The molecule has 2 nitrogen and oxygen atoms in total. The van der Waals surface area contributed by atoms with Gasteiger partial charge in [0.05, 0.1) is 13.2 Å². The van der Waals surface area contributed by atoms with Gasteiger partial charge in [0.15, 0.2) is 0 Å². The van der Waals surface area contributed by atoms with Gasteiger partial charge < -0.3 is 10.1 Å². The van der Waals surface area contributed by atoms with E-state index in [9.17, 15) is 4.39 Å². The summed E-state index contributed by atoms with van der Waals surface area (Å²) in [6, 6.07) is 10.9. The molecule has 0 radical (unpaired) electrons. The quantitative estimate of drug-likeness (QED) is 0.834. The molecule has 1 N–H and O–H groups in total. The van der Waals surface area contributed by atoms with E-state index in [0.717, 1.165) is 13.1 Å². The summed E-state index contributed by atoms with van der Waals surface area (Å²) in [6.07, 6.45) is 0. The van der Waals surface area contributed by atoms with Gasteiger partial charge in [0, 0.05) is 21.9 Å². The Labute approximate surface area is 117 Å². The zero-order chi connectivity index (χ0) is 13.5. The van der Waals surface area contributed by atoms with Gasteiger partial charge in [-0.2, -0.15) is 0 Å². The predicted octanol–water partition coefficient (Wildman–Crippen LogP) is 3.71. The van der Waals surface area contributed by atoms with Gasteiger partial charge in [0.25, 0.3) is 0 Å². The fourth-order valence-corrected chi connectivity index (χ4v) is 2.65. The van der Waals surface area contributed by atoms with Gasteiger partial charge in [-0.15, -0.1) is 11.3 Å². The molecular formula is C15H18FNOS. The Morgan fingerprint density at radius 2 is 1.89 bits per heavy atom. The molecule has 0 saturated carbocycles. The Morgan fingerprint density at radius 3 is 2.68 bits per heavy atom. The van der Waals surface area contributed by atoms with Gasteiger partial charge in [-0.25, -0.2) is 4.39 Å². The average Bonchev–Trinajstić information content (AvgIpc) is 2.86. The van der Waals surface area contributed by atoms with E-state index in [-0.39, 0.29) is 5.82 Å². The minimum absolute atomic E-state index is 0.207. The lowest BCUT2D eigenvalue weighted by Crippen LogP contribution is -2.10. The Morgan fingerprint density at radius 1 is 1.11 bits per heavy atom. The van der Waals surface area contributed by atoms with Gasteiger partial charge in [0.2, 0.25) is 0 Å². The maximum absolute atomic E-state index is 13.4. The highest BCUT2D eigenvalue weighted by atomic mass is 32.1. The molecular weight excluding hydrogens is 261 g/mol. The number of halogens is 1. The van der Waals surface area contributed by atoms with Crippen LogP contribution in [-0.2, 0) is 24.5 Å². The van der Waals surface area contributed by atoms with Crippen LogP contribution in [0.15, 0.2) is 36.4 Å². The molecule has 0 atom stereocenters. The van der Waals surface area contributed by atoms with Crippen LogP contribution in [0.3, 0.4) is 0 Å². The van der Waals surface area contributed by atoms with Crippen LogP contribution >= 0.6 is 11.3 Å². The van der Waals surface area contributed by atoms with Gasteiger partial charge in [-0.05, 0) is 24.7 Å². The fourth-order valence-electron chi connectivity index (χ4n) is 1.72. The van der Waals surface area contributed by atoms with E-state index in [0.29, 0.717) is 18.8 Å². The first-order valence-electron chi connectivity index (χ1n) is 6.39. The molecule has 0 spiro atoms. The number of hydrogen-bond acceptors (Lipinski definition) is 3. The van der Waals surface area contributed by atoms with E-state index >= 15 is 0 Å². The lowest BCUT2D eigenvalue weighted by molar-refractivity contribution is 0.107. The highest BCUT2D eigenvalue weighted by Crippen LogP contribution is 2.18. The molecule has 4 heteroatoms. The smallest absolute Gasteiger partial charge is 0.128 e. The van der Waals surface area contributed by atoms with Crippen LogP contribution in [0, 0.1) is 5.82 Å². The maximum atomic E-state index is 13.4. The Bertz CT molecular complexity index is 512. The molecule has 1 heterocycles. The number of rotatable bonds is 7. The van der Waals surface area contributed by atoms with Crippen molar-refractivity contribution in [3.63, 3.8) is 0 Å². The first-order chi connectivity index (χ1) is 9.29. The van der Waals surface area contributed by atoms with Crippen LogP contribution in [0.4, 0.5) is 4.39 Å². The molecule has 0 aliphatic rings. The summed E-state index contributed by atoms with van der Waals surface area (Å²) in [7, 11) is 0. The van der Waals surface area contributed by atoms with Crippen LogP contribution in [0.2, 0.25) is 0 Å². The largest absolute Gasteiger partial charge is 0.371 e. The topological polar surface area (TPSA) is 21.3 Å². The van der Waals surface area contributed by atoms with E-state index < -0.39 is 0 Å². The Kier molecular flexibility index (Phi) is 5.51. The van der Waals surface area contributed by atoms with Gasteiger partial charge in [-0.1, -0.05) is 25.1 Å². The van der Waals surface area contributed by atoms with Gasteiger partial charge in [0.1, 0.15) is 5.82 Å². The molecule has 1 aromatic heterocycles. The second-order valence-corrected chi connectivity index (χ2v) is 5.49. The van der Waals surface area contributed by atoms with Crippen molar-refractivity contribution in [1.82, 2.24) is 5.32 Å².